The van der Waals surface area contributed by atoms with Gasteiger partial charge in [-0.3, -0.25) is 15.1 Å². The van der Waals surface area contributed by atoms with Crippen molar-refractivity contribution in [1.29, 1.82) is 0 Å². The molecule has 0 spiro atoms. The fourth-order valence-corrected chi connectivity index (χ4v) is 2.14. The summed E-state index contributed by atoms with van der Waals surface area (Å²) >= 11 is 0. The van der Waals surface area contributed by atoms with Gasteiger partial charge in [-0.05, 0) is 13.0 Å². The Morgan fingerprint density at radius 2 is 2.10 bits per heavy atom. The van der Waals surface area contributed by atoms with Crippen molar-refractivity contribution in [2.75, 3.05) is 13.1 Å². The van der Waals surface area contributed by atoms with Gasteiger partial charge in [-0.1, -0.05) is 0 Å². The highest BCUT2D eigenvalue weighted by atomic mass is 19.4. The molecule has 0 bridgehead atoms. The highest BCUT2D eigenvalue weighted by molar-refractivity contribution is 5.75. The number of fused-ring (bicyclic) bond motifs is 1. The Kier molecular flexibility index (Phi) is 4.23. The van der Waals surface area contributed by atoms with Gasteiger partial charge < -0.3 is 4.57 Å². The van der Waals surface area contributed by atoms with Crippen LogP contribution in [0.1, 0.15) is 24.5 Å². The van der Waals surface area contributed by atoms with Crippen LogP contribution in [0.5, 0.6) is 0 Å². The topological polar surface area (TPSA) is 89.1 Å². The molecule has 0 aliphatic carbocycles. The molecule has 2 rings (SSSR count). The predicted octanol–water partition coefficient (Wildman–Crippen LogP) is -0.117. The normalized spacial score (nSPS) is 16.0. The minimum absolute atomic E-state index is 0.195. The molecule has 10 heteroatoms. The summed E-state index contributed by atoms with van der Waals surface area (Å²) < 4.78 is 39.0. The molecule has 0 saturated carbocycles. The van der Waals surface area contributed by atoms with Crippen LogP contribution in [0.2, 0.25) is 0 Å². The van der Waals surface area contributed by atoms with Crippen molar-refractivity contribution in [2.24, 2.45) is 5.84 Å². The van der Waals surface area contributed by atoms with Crippen LogP contribution in [0.25, 0.3) is 0 Å². The Morgan fingerprint density at radius 3 is 2.75 bits per heavy atom. The number of amides is 1. The van der Waals surface area contributed by atoms with Crippen molar-refractivity contribution in [1.82, 2.24) is 25.1 Å². The first-order chi connectivity index (χ1) is 9.41. The van der Waals surface area contributed by atoms with E-state index in [0.717, 1.165) is 4.57 Å². The van der Waals surface area contributed by atoms with Crippen molar-refractivity contribution < 1.29 is 18.0 Å². The van der Waals surface area contributed by atoms with E-state index in [1.165, 1.54) is 0 Å². The van der Waals surface area contributed by atoms with Gasteiger partial charge in [-0.25, -0.2) is 5.84 Å². The van der Waals surface area contributed by atoms with E-state index in [2.05, 4.69) is 10.2 Å². The van der Waals surface area contributed by atoms with Crippen LogP contribution in [0.4, 0.5) is 13.2 Å². The summed E-state index contributed by atoms with van der Waals surface area (Å²) in [6.45, 7) is 1.56. The Balaban J connectivity index is 1.92. The number of nitrogens with zero attached hydrogens (tertiary/aromatic N) is 4. The van der Waals surface area contributed by atoms with Crippen molar-refractivity contribution in [2.45, 2.75) is 32.1 Å². The van der Waals surface area contributed by atoms with Gasteiger partial charge in [0.25, 0.3) is 0 Å². The number of hydrogen-bond donors (Lipinski definition) is 2. The molecule has 20 heavy (non-hydrogen) atoms. The summed E-state index contributed by atoms with van der Waals surface area (Å²) in [5.41, 5.74) is 2.03. The number of nitrogens with one attached hydrogen (secondary N) is 1. The van der Waals surface area contributed by atoms with E-state index in [1.54, 1.807) is 0 Å². The molecule has 1 aromatic heterocycles. The Hall–Kier alpha value is -1.68. The van der Waals surface area contributed by atoms with E-state index >= 15 is 0 Å². The molecule has 112 valence electrons. The lowest BCUT2D eigenvalue weighted by Gasteiger charge is -2.27. The van der Waals surface area contributed by atoms with Crippen molar-refractivity contribution in [3.63, 3.8) is 0 Å². The molecule has 2 heterocycles. The molecule has 1 amide bonds. The van der Waals surface area contributed by atoms with Gasteiger partial charge in [0, 0.05) is 19.5 Å². The standard InChI is InChI=1S/C10H15F3N6O/c11-10(12,13)9-17-16-7-6-18(4-5-19(7)9)3-1-2-8(20)15-14/h1-6,14H2,(H,15,20). The SMILES string of the molecule is NNC(=O)CCCN1CCn2c(nnc2C(F)(F)F)C1. The largest absolute Gasteiger partial charge is 0.451 e. The smallest absolute Gasteiger partial charge is 0.305 e. The van der Waals surface area contributed by atoms with Crippen molar-refractivity contribution >= 4 is 5.91 Å². The van der Waals surface area contributed by atoms with E-state index in [1.807, 2.05) is 10.3 Å². The molecule has 3 N–H and O–H groups in total. The minimum Gasteiger partial charge on any atom is -0.305 e. The Labute approximate surface area is 112 Å². The van der Waals surface area contributed by atoms with Gasteiger partial charge in [-0.2, -0.15) is 13.2 Å². The van der Waals surface area contributed by atoms with Crippen LogP contribution in [0, 0.1) is 0 Å². The first-order valence-electron chi connectivity index (χ1n) is 6.13. The molecule has 1 aromatic rings. The average Bonchev–Trinajstić information content (AvgIpc) is 2.81. The molecule has 0 atom stereocenters. The number of carbonyl (C=O) groups excluding carboxylic acids is 1. The van der Waals surface area contributed by atoms with Crippen LogP contribution >= 0.6 is 0 Å². The van der Waals surface area contributed by atoms with Crippen LogP contribution in [0.15, 0.2) is 0 Å². The van der Waals surface area contributed by atoms with Gasteiger partial charge in [0.2, 0.25) is 11.7 Å². The van der Waals surface area contributed by atoms with Crippen LogP contribution in [-0.2, 0) is 24.1 Å². The number of halogens is 3. The van der Waals surface area contributed by atoms with Gasteiger partial charge >= 0.3 is 6.18 Å². The molecule has 0 aromatic carbocycles. The third-order valence-electron chi connectivity index (χ3n) is 3.12. The van der Waals surface area contributed by atoms with Crippen LogP contribution < -0.4 is 11.3 Å². The number of rotatable bonds is 4. The molecule has 1 aliphatic heterocycles. The highest BCUT2D eigenvalue weighted by Gasteiger charge is 2.39. The van der Waals surface area contributed by atoms with E-state index in [9.17, 15) is 18.0 Å². The lowest BCUT2D eigenvalue weighted by atomic mass is 10.2. The fourth-order valence-electron chi connectivity index (χ4n) is 2.14. The second-order valence-electron chi connectivity index (χ2n) is 4.54. The predicted molar refractivity (Wildman–Crippen MR) is 61.9 cm³/mol. The summed E-state index contributed by atoms with van der Waals surface area (Å²) in [4.78, 5) is 12.9. The zero-order valence-corrected chi connectivity index (χ0v) is 10.7. The maximum atomic E-state index is 12.6. The third-order valence-corrected chi connectivity index (χ3v) is 3.12. The van der Waals surface area contributed by atoms with Crippen LogP contribution in [-0.4, -0.2) is 38.7 Å². The first-order valence-corrected chi connectivity index (χ1v) is 6.13. The number of carbonyl (C=O) groups is 1. The number of aromatic nitrogens is 3. The zero-order chi connectivity index (χ0) is 14.8. The lowest BCUT2D eigenvalue weighted by molar-refractivity contribution is -0.148. The van der Waals surface area contributed by atoms with Gasteiger partial charge in [0.05, 0.1) is 6.54 Å². The van der Waals surface area contributed by atoms with E-state index in [4.69, 9.17) is 5.84 Å². The van der Waals surface area contributed by atoms with E-state index in [0.29, 0.717) is 31.9 Å². The fraction of sp³-hybridized carbons (Fsp3) is 0.700. The van der Waals surface area contributed by atoms with Crippen molar-refractivity contribution in [3.05, 3.63) is 11.6 Å². The van der Waals surface area contributed by atoms with Gasteiger partial charge in [0.1, 0.15) is 5.82 Å². The maximum absolute atomic E-state index is 12.6. The van der Waals surface area contributed by atoms with Gasteiger partial charge in [0.15, 0.2) is 0 Å². The van der Waals surface area contributed by atoms with Crippen LogP contribution in [0.3, 0.4) is 0 Å². The molecule has 0 saturated heterocycles. The molecule has 1 aliphatic rings. The molecular formula is C10H15F3N6O. The highest BCUT2D eigenvalue weighted by Crippen LogP contribution is 2.29. The molecular weight excluding hydrogens is 277 g/mol. The van der Waals surface area contributed by atoms with E-state index in [-0.39, 0.29) is 18.9 Å². The van der Waals surface area contributed by atoms with E-state index < -0.39 is 12.0 Å². The molecule has 0 unspecified atom stereocenters. The third kappa shape index (κ3) is 3.25. The summed E-state index contributed by atoms with van der Waals surface area (Å²) in [6.07, 6.45) is -3.61. The lowest BCUT2D eigenvalue weighted by Crippen LogP contribution is -2.36. The summed E-state index contributed by atoms with van der Waals surface area (Å²) in [6, 6.07) is 0. The Morgan fingerprint density at radius 1 is 1.35 bits per heavy atom. The summed E-state index contributed by atoms with van der Waals surface area (Å²) in [5, 5.41) is 6.79. The summed E-state index contributed by atoms with van der Waals surface area (Å²) in [5.74, 6) is 4.05. The van der Waals surface area contributed by atoms with Gasteiger partial charge in [-0.15, -0.1) is 10.2 Å². The molecule has 0 radical (unpaired) electrons. The zero-order valence-electron chi connectivity index (χ0n) is 10.7. The van der Waals surface area contributed by atoms with Crippen molar-refractivity contribution in [3.8, 4) is 0 Å². The second kappa shape index (κ2) is 5.75. The minimum atomic E-state index is -4.48. The quantitative estimate of drug-likeness (QED) is 0.459. The average molecular weight is 292 g/mol. The first kappa shape index (κ1) is 14.7. The molecule has 0 fully saturated rings. The number of alkyl halides is 3. The number of nitrogens with two attached hydrogens (primary N) is 1. The monoisotopic (exact) mass is 292 g/mol. The summed E-state index contributed by atoms with van der Waals surface area (Å²) in [7, 11) is 0. The second-order valence-corrected chi connectivity index (χ2v) is 4.54. The number of hydrazine groups is 1. The maximum Gasteiger partial charge on any atom is 0.451 e. The molecule has 7 nitrogen and oxygen atoms in total. The number of hydrogen-bond acceptors (Lipinski definition) is 5. The Bertz CT molecular complexity index is 486.